The molecule has 0 aliphatic rings. The fourth-order valence-corrected chi connectivity index (χ4v) is 2.73. The lowest BCUT2D eigenvalue weighted by Crippen LogP contribution is -2.24. The van der Waals surface area contributed by atoms with Gasteiger partial charge in [-0.2, -0.15) is 4.98 Å². The maximum absolute atomic E-state index is 12.3. The monoisotopic (exact) mass is 311 g/mol. The van der Waals surface area contributed by atoms with Crippen molar-refractivity contribution in [2.75, 3.05) is 0 Å². The number of aromatic nitrogens is 5. The predicted molar refractivity (Wildman–Crippen MR) is 80.5 cm³/mol. The van der Waals surface area contributed by atoms with Gasteiger partial charge in [0.05, 0.1) is 10.3 Å². The summed E-state index contributed by atoms with van der Waals surface area (Å²) < 4.78 is 6.39. The van der Waals surface area contributed by atoms with Crippen molar-refractivity contribution < 1.29 is 4.52 Å². The highest BCUT2D eigenvalue weighted by molar-refractivity contribution is 7.13. The standard InChI is InChI=1S/C14H9N5O2S/c20-14-9-4-1-2-5-10(9)16-18-19(14)8-12-15-13(17-21-12)11-6-3-7-22-11/h1-7H,8H2. The quantitative estimate of drug-likeness (QED) is 0.575. The van der Waals surface area contributed by atoms with Crippen molar-refractivity contribution in [3.63, 3.8) is 0 Å². The largest absolute Gasteiger partial charge is 0.337 e. The molecule has 0 unspecified atom stereocenters. The zero-order chi connectivity index (χ0) is 14.9. The number of hydrogen-bond donors (Lipinski definition) is 0. The van der Waals surface area contributed by atoms with E-state index in [1.807, 2.05) is 23.6 Å². The van der Waals surface area contributed by atoms with E-state index in [0.29, 0.717) is 22.6 Å². The first-order chi connectivity index (χ1) is 10.8. The first kappa shape index (κ1) is 12.8. The van der Waals surface area contributed by atoms with Crippen LogP contribution in [0.15, 0.2) is 51.1 Å². The minimum atomic E-state index is -0.235. The van der Waals surface area contributed by atoms with E-state index in [1.165, 1.54) is 16.0 Å². The molecule has 0 aliphatic heterocycles. The smallest absolute Gasteiger partial charge is 0.278 e. The molecule has 0 spiro atoms. The third-order valence-electron chi connectivity index (χ3n) is 3.12. The summed E-state index contributed by atoms with van der Waals surface area (Å²) in [6.45, 7) is 0.0923. The van der Waals surface area contributed by atoms with Crippen molar-refractivity contribution in [2.45, 2.75) is 6.54 Å². The van der Waals surface area contributed by atoms with Crippen molar-refractivity contribution in [2.24, 2.45) is 0 Å². The molecule has 7 nitrogen and oxygen atoms in total. The summed E-state index contributed by atoms with van der Waals surface area (Å²) in [7, 11) is 0. The molecule has 0 N–H and O–H groups in total. The van der Waals surface area contributed by atoms with Crippen LogP contribution in [0, 0.1) is 0 Å². The van der Waals surface area contributed by atoms with Crippen LogP contribution in [0.1, 0.15) is 5.89 Å². The third kappa shape index (κ3) is 2.19. The lowest BCUT2D eigenvalue weighted by Gasteiger charge is -2.01. The van der Waals surface area contributed by atoms with Crippen LogP contribution in [0.3, 0.4) is 0 Å². The Hall–Kier alpha value is -2.87. The van der Waals surface area contributed by atoms with Crippen molar-refractivity contribution in [1.29, 1.82) is 0 Å². The molecule has 4 aromatic rings. The molecule has 0 amide bonds. The third-order valence-corrected chi connectivity index (χ3v) is 3.99. The Balaban J connectivity index is 1.69. The van der Waals surface area contributed by atoms with Gasteiger partial charge in [-0.3, -0.25) is 4.79 Å². The molecule has 108 valence electrons. The van der Waals surface area contributed by atoms with E-state index in [1.54, 1.807) is 18.2 Å². The Morgan fingerprint density at radius 1 is 1.18 bits per heavy atom. The topological polar surface area (TPSA) is 86.7 Å². The average molecular weight is 311 g/mol. The molecule has 22 heavy (non-hydrogen) atoms. The number of hydrogen-bond acceptors (Lipinski definition) is 7. The highest BCUT2D eigenvalue weighted by atomic mass is 32.1. The summed E-state index contributed by atoms with van der Waals surface area (Å²) in [6, 6.07) is 10.9. The summed E-state index contributed by atoms with van der Waals surface area (Å²) in [4.78, 5) is 17.5. The maximum atomic E-state index is 12.3. The van der Waals surface area contributed by atoms with Gasteiger partial charge in [0.25, 0.3) is 5.56 Å². The van der Waals surface area contributed by atoms with E-state index < -0.39 is 0 Å². The number of fused-ring (bicyclic) bond motifs is 1. The Morgan fingerprint density at radius 3 is 2.95 bits per heavy atom. The van der Waals surface area contributed by atoms with E-state index in [2.05, 4.69) is 20.5 Å². The Morgan fingerprint density at radius 2 is 2.09 bits per heavy atom. The first-order valence-electron chi connectivity index (χ1n) is 6.50. The van der Waals surface area contributed by atoms with E-state index >= 15 is 0 Å². The van der Waals surface area contributed by atoms with Gasteiger partial charge in [0.2, 0.25) is 11.7 Å². The molecule has 0 fully saturated rings. The summed E-state index contributed by atoms with van der Waals surface area (Å²) in [6.07, 6.45) is 0. The number of rotatable bonds is 3. The number of nitrogens with zero attached hydrogens (tertiary/aromatic N) is 5. The lowest BCUT2D eigenvalue weighted by atomic mass is 10.2. The zero-order valence-corrected chi connectivity index (χ0v) is 12.0. The van der Waals surface area contributed by atoms with Gasteiger partial charge >= 0.3 is 0 Å². The van der Waals surface area contributed by atoms with Gasteiger partial charge in [-0.05, 0) is 23.6 Å². The van der Waals surface area contributed by atoms with E-state index in [0.717, 1.165) is 4.88 Å². The van der Waals surface area contributed by atoms with Crippen LogP contribution in [-0.4, -0.2) is 25.1 Å². The molecule has 4 rings (SSSR count). The van der Waals surface area contributed by atoms with Gasteiger partial charge in [-0.25, -0.2) is 4.68 Å². The summed E-state index contributed by atoms with van der Waals surface area (Å²) >= 11 is 1.52. The van der Waals surface area contributed by atoms with E-state index in [9.17, 15) is 4.79 Å². The van der Waals surface area contributed by atoms with Crippen LogP contribution >= 0.6 is 11.3 Å². The Kier molecular flexibility index (Phi) is 3.01. The van der Waals surface area contributed by atoms with Crippen LogP contribution in [0.5, 0.6) is 0 Å². The van der Waals surface area contributed by atoms with Crippen LogP contribution in [0.4, 0.5) is 0 Å². The molecule has 8 heteroatoms. The molecule has 0 aliphatic carbocycles. The van der Waals surface area contributed by atoms with Crippen molar-refractivity contribution in [3.05, 3.63) is 58.0 Å². The van der Waals surface area contributed by atoms with Crippen LogP contribution < -0.4 is 5.56 Å². The molecular weight excluding hydrogens is 302 g/mol. The predicted octanol–water partition coefficient (Wildman–Crippen LogP) is 1.95. The fourth-order valence-electron chi connectivity index (χ4n) is 2.08. The fraction of sp³-hybridized carbons (Fsp3) is 0.0714. The van der Waals surface area contributed by atoms with Gasteiger partial charge in [0, 0.05) is 0 Å². The maximum Gasteiger partial charge on any atom is 0.278 e. The molecule has 3 heterocycles. The van der Waals surface area contributed by atoms with Crippen LogP contribution in [0.25, 0.3) is 21.6 Å². The van der Waals surface area contributed by atoms with Gasteiger partial charge in [-0.15, -0.1) is 16.4 Å². The first-order valence-corrected chi connectivity index (χ1v) is 7.38. The molecule has 0 bridgehead atoms. The van der Waals surface area contributed by atoms with Gasteiger partial charge in [-0.1, -0.05) is 28.6 Å². The molecular formula is C14H9N5O2S. The molecule has 0 radical (unpaired) electrons. The average Bonchev–Trinajstić information content (AvgIpc) is 3.21. The molecule has 1 aromatic carbocycles. The Bertz CT molecular complexity index is 990. The van der Waals surface area contributed by atoms with Crippen LogP contribution in [-0.2, 0) is 6.54 Å². The lowest BCUT2D eigenvalue weighted by molar-refractivity contribution is 0.361. The van der Waals surface area contributed by atoms with Crippen molar-refractivity contribution >= 4 is 22.2 Å². The number of thiophene rings is 1. The van der Waals surface area contributed by atoms with E-state index in [-0.39, 0.29) is 12.1 Å². The van der Waals surface area contributed by atoms with Gasteiger partial charge in [0.15, 0.2) is 0 Å². The highest BCUT2D eigenvalue weighted by Gasteiger charge is 2.12. The normalized spacial score (nSPS) is 11.1. The second-order valence-corrected chi connectivity index (χ2v) is 5.51. The Labute approximate surface area is 127 Å². The molecule has 3 aromatic heterocycles. The SMILES string of the molecule is O=c1c2ccccc2nnn1Cc1nc(-c2cccs2)no1. The molecule has 0 saturated heterocycles. The second kappa shape index (κ2) is 5.15. The molecule has 0 saturated carbocycles. The van der Waals surface area contributed by atoms with Gasteiger partial charge < -0.3 is 4.52 Å². The van der Waals surface area contributed by atoms with Crippen molar-refractivity contribution in [3.8, 4) is 10.7 Å². The highest BCUT2D eigenvalue weighted by Crippen LogP contribution is 2.21. The minimum absolute atomic E-state index is 0.0923. The summed E-state index contributed by atoms with van der Waals surface area (Å²) in [5.74, 6) is 0.821. The van der Waals surface area contributed by atoms with Crippen molar-refractivity contribution in [1.82, 2.24) is 25.1 Å². The van der Waals surface area contributed by atoms with Gasteiger partial charge in [0.1, 0.15) is 12.1 Å². The zero-order valence-electron chi connectivity index (χ0n) is 11.2. The number of benzene rings is 1. The summed E-state index contributed by atoms with van der Waals surface area (Å²) in [5.41, 5.74) is 0.329. The van der Waals surface area contributed by atoms with E-state index in [4.69, 9.17) is 4.52 Å². The van der Waals surface area contributed by atoms with Crippen LogP contribution in [0.2, 0.25) is 0 Å². The second-order valence-electron chi connectivity index (χ2n) is 4.56. The summed E-state index contributed by atoms with van der Waals surface area (Å²) in [5, 5.41) is 14.3. The minimum Gasteiger partial charge on any atom is -0.337 e. The molecule has 0 atom stereocenters.